The quantitative estimate of drug-likeness (QED) is 0.508. The highest BCUT2D eigenvalue weighted by Crippen LogP contribution is 2.39. The number of hydrogen-bond donors (Lipinski definition) is 1. The van der Waals surface area contributed by atoms with Crippen LogP contribution in [0.25, 0.3) is 0 Å². The van der Waals surface area contributed by atoms with Crippen molar-refractivity contribution in [1.82, 2.24) is 0 Å². The first-order valence-electron chi connectivity index (χ1n) is 3.99. The number of rotatable bonds is 0. The Morgan fingerprint density at radius 1 is 1.67 bits per heavy atom. The van der Waals surface area contributed by atoms with Gasteiger partial charge in [-0.25, -0.2) is 0 Å². The third-order valence-electron chi connectivity index (χ3n) is 2.64. The Labute approximate surface area is 69.7 Å². The van der Waals surface area contributed by atoms with Crippen LogP contribution < -0.4 is 0 Å². The van der Waals surface area contributed by atoms with Crippen molar-refractivity contribution in [3.63, 3.8) is 0 Å². The molecule has 2 fully saturated rings. The van der Waals surface area contributed by atoms with E-state index in [1.807, 2.05) is 6.07 Å². The minimum Gasteiger partial charge on any atom is -0.458 e. The molecule has 4 nitrogen and oxygen atoms in total. The van der Waals surface area contributed by atoms with E-state index in [2.05, 4.69) is 0 Å². The number of fused-ring (bicyclic) bond motifs is 2. The summed E-state index contributed by atoms with van der Waals surface area (Å²) in [7, 11) is 0. The van der Waals surface area contributed by atoms with Crippen molar-refractivity contribution < 1.29 is 14.6 Å². The molecule has 64 valence electrons. The molecule has 4 atom stereocenters. The van der Waals surface area contributed by atoms with Crippen LogP contribution in [0, 0.1) is 23.2 Å². The van der Waals surface area contributed by atoms with Crippen molar-refractivity contribution in [2.75, 3.05) is 0 Å². The van der Waals surface area contributed by atoms with E-state index in [1.54, 1.807) is 0 Å². The summed E-state index contributed by atoms with van der Waals surface area (Å²) in [5, 5.41) is 18.2. The first-order chi connectivity index (χ1) is 5.72. The maximum absolute atomic E-state index is 10.9. The van der Waals surface area contributed by atoms with E-state index in [4.69, 9.17) is 10.00 Å². The fraction of sp³-hybridized carbons (Fsp3) is 0.750. The zero-order valence-corrected chi connectivity index (χ0v) is 6.43. The van der Waals surface area contributed by atoms with Gasteiger partial charge >= 0.3 is 5.97 Å². The molecule has 1 N–H and O–H groups in total. The van der Waals surface area contributed by atoms with Crippen molar-refractivity contribution in [3.05, 3.63) is 0 Å². The number of hydrogen-bond acceptors (Lipinski definition) is 4. The predicted molar refractivity (Wildman–Crippen MR) is 37.7 cm³/mol. The first-order valence-corrected chi connectivity index (χ1v) is 3.99. The highest BCUT2D eigenvalue weighted by molar-refractivity contribution is 5.71. The molecule has 1 heterocycles. The molecule has 2 bridgehead atoms. The van der Waals surface area contributed by atoms with Crippen molar-refractivity contribution in [2.45, 2.75) is 25.0 Å². The van der Waals surface area contributed by atoms with Gasteiger partial charge in [-0.05, 0) is 6.42 Å². The average Bonchev–Trinajstić information content (AvgIpc) is 2.27. The van der Waals surface area contributed by atoms with E-state index in [0.717, 1.165) is 0 Å². The van der Waals surface area contributed by atoms with Gasteiger partial charge in [0.15, 0.2) is 0 Å². The predicted octanol–water partition coefficient (Wildman–Crippen LogP) is -0.178. The second-order valence-electron chi connectivity index (χ2n) is 3.38. The molecular formula is C8H9NO3. The first kappa shape index (κ1) is 7.56. The fourth-order valence-electron chi connectivity index (χ4n) is 2.00. The number of carbonyl (C=O) groups is 1. The topological polar surface area (TPSA) is 70.3 Å². The van der Waals surface area contributed by atoms with Crippen LogP contribution in [0.5, 0.6) is 0 Å². The lowest BCUT2D eigenvalue weighted by Gasteiger charge is -2.25. The second kappa shape index (κ2) is 2.46. The largest absolute Gasteiger partial charge is 0.458 e. The van der Waals surface area contributed by atoms with Crippen LogP contribution >= 0.6 is 0 Å². The van der Waals surface area contributed by atoms with Gasteiger partial charge in [0.2, 0.25) is 0 Å². The van der Waals surface area contributed by atoms with Gasteiger partial charge in [-0.15, -0.1) is 0 Å². The van der Waals surface area contributed by atoms with Gasteiger partial charge in [0.25, 0.3) is 0 Å². The smallest absolute Gasteiger partial charge is 0.306 e. The molecule has 0 aromatic heterocycles. The van der Waals surface area contributed by atoms with E-state index in [-0.39, 0.29) is 24.2 Å². The van der Waals surface area contributed by atoms with Crippen LogP contribution in [0.1, 0.15) is 12.8 Å². The summed E-state index contributed by atoms with van der Waals surface area (Å²) in [5.74, 6) is -0.648. The van der Waals surface area contributed by atoms with Crippen LogP contribution in [0.3, 0.4) is 0 Å². The lowest BCUT2D eigenvalue weighted by atomic mass is 10.00. The summed E-state index contributed by atoms with van der Waals surface area (Å²) < 4.78 is 4.88. The van der Waals surface area contributed by atoms with Crippen molar-refractivity contribution in [2.24, 2.45) is 11.8 Å². The van der Waals surface area contributed by atoms with Gasteiger partial charge in [-0.1, -0.05) is 0 Å². The third-order valence-corrected chi connectivity index (χ3v) is 2.64. The van der Waals surface area contributed by atoms with Crippen LogP contribution in [0.2, 0.25) is 0 Å². The molecule has 1 aliphatic carbocycles. The van der Waals surface area contributed by atoms with E-state index in [0.29, 0.717) is 6.42 Å². The lowest BCUT2D eigenvalue weighted by Crippen LogP contribution is -2.38. The van der Waals surface area contributed by atoms with E-state index < -0.39 is 12.2 Å². The normalized spacial score (nSPS) is 45.2. The molecule has 4 heteroatoms. The van der Waals surface area contributed by atoms with Crippen LogP contribution in [-0.2, 0) is 9.53 Å². The zero-order valence-electron chi connectivity index (χ0n) is 6.43. The highest BCUT2D eigenvalue weighted by atomic mass is 16.6. The zero-order chi connectivity index (χ0) is 8.72. The molecule has 12 heavy (non-hydrogen) atoms. The molecule has 4 unspecified atom stereocenters. The van der Waals surface area contributed by atoms with Crippen LogP contribution in [0.4, 0.5) is 0 Å². The lowest BCUT2D eigenvalue weighted by molar-refractivity contribution is -0.164. The number of ether oxygens (including phenoxy) is 1. The summed E-state index contributed by atoms with van der Waals surface area (Å²) in [6, 6.07) is 2.05. The molecule has 1 saturated heterocycles. The number of carbonyl (C=O) groups excluding carboxylic acids is 1. The van der Waals surface area contributed by atoms with Gasteiger partial charge < -0.3 is 9.84 Å². The summed E-state index contributed by atoms with van der Waals surface area (Å²) in [5.41, 5.74) is 0. The molecule has 1 aliphatic heterocycles. The molecule has 0 radical (unpaired) electrons. The van der Waals surface area contributed by atoms with Crippen molar-refractivity contribution in [1.29, 1.82) is 5.26 Å². The maximum Gasteiger partial charge on any atom is 0.306 e. The molecule has 1 saturated carbocycles. The highest BCUT2D eigenvalue weighted by Gasteiger charge is 2.49. The van der Waals surface area contributed by atoms with Gasteiger partial charge in [-0.3, -0.25) is 4.79 Å². The average molecular weight is 167 g/mol. The Morgan fingerprint density at radius 3 is 3.08 bits per heavy atom. The number of aliphatic hydroxyl groups excluding tert-OH is 1. The molecule has 0 aromatic rings. The Bertz CT molecular complexity index is 258. The second-order valence-corrected chi connectivity index (χ2v) is 3.38. The Morgan fingerprint density at radius 2 is 2.42 bits per heavy atom. The Kier molecular flexibility index (Phi) is 1.55. The summed E-state index contributed by atoms with van der Waals surface area (Å²) in [6.07, 6.45) is -0.335. The number of aliphatic hydroxyl groups is 1. The van der Waals surface area contributed by atoms with E-state index in [1.165, 1.54) is 0 Å². The molecular weight excluding hydrogens is 158 g/mol. The Hall–Kier alpha value is -1.08. The van der Waals surface area contributed by atoms with E-state index in [9.17, 15) is 9.90 Å². The number of nitrogens with zero attached hydrogens (tertiary/aromatic N) is 1. The summed E-state index contributed by atoms with van der Waals surface area (Å²) in [6.45, 7) is 0. The van der Waals surface area contributed by atoms with Gasteiger partial charge in [-0.2, -0.15) is 5.26 Å². The summed E-state index contributed by atoms with van der Waals surface area (Å²) in [4.78, 5) is 10.9. The van der Waals surface area contributed by atoms with Gasteiger partial charge in [0, 0.05) is 5.92 Å². The van der Waals surface area contributed by atoms with Crippen molar-refractivity contribution in [3.8, 4) is 6.07 Å². The number of nitriles is 1. The van der Waals surface area contributed by atoms with Crippen molar-refractivity contribution >= 4 is 5.97 Å². The molecule has 0 amide bonds. The third kappa shape index (κ3) is 0.901. The van der Waals surface area contributed by atoms with Gasteiger partial charge in [0.1, 0.15) is 6.10 Å². The standard InChI is InChI=1S/C8H9NO3/c9-3-5-1-4-2-6(10)12-8(5)7(4)11/h4-5,7-8,11H,1-2H2. The molecule has 2 rings (SSSR count). The molecule has 0 aromatic carbocycles. The van der Waals surface area contributed by atoms with E-state index >= 15 is 0 Å². The fourth-order valence-corrected chi connectivity index (χ4v) is 2.00. The van der Waals surface area contributed by atoms with Crippen LogP contribution in [-0.4, -0.2) is 23.3 Å². The number of esters is 1. The summed E-state index contributed by atoms with van der Waals surface area (Å²) >= 11 is 0. The Balaban J connectivity index is 2.22. The van der Waals surface area contributed by atoms with Gasteiger partial charge in [0.05, 0.1) is 24.5 Å². The SMILES string of the molecule is N#CC1CC2CC(=O)OC1C2O. The monoisotopic (exact) mass is 167 g/mol. The maximum atomic E-state index is 10.9. The molecule has 0 spiro atoms. The van der Waals surface area contributed by atoms with Crippen LogP contribution in [0.15, 0.2) is 0 Å². The minimum absolute atomic E-state index is 0.0547. The molecule has 2 aliphatic rings. The minimum atomic E-state index is -0.618.